The smallest absolute Gasteiger partial charge is 0.416 e. The van der Waals surface area contributed by atoms with Gasteiger partial charge in [-0.2, -0.15) is 18.3 Å². The van der Waals surface area contributed by atoms with Gasteiger partial charge in [0.25, 0.3) is 5.91 Å². The fourth-order valence-corrected chi connectivity index (χ4v) is 1.81. The van der Waals surface area contributed by atoms with Crippen LogP contribution in [0.4, 0.5) is 13.2 Å². The maximum atomic E-state index is 12.8. The largest absolute Gasteiger partial charge is 0.493 e. The molecule has 6 nitrogen and oxygen atoms in total. The van der Waals surface area contributed by atoms with E-state index in [-0.39, 0.29) is 23.7 Å². The Kier molecular flexibility index (Phi) is 4.89. The van der Waals surface area contributed by atoms with Crippen molar-refractivity contribution in [3.63, 3.8) is 0 Å². The molecular formula is C14H14F3N3O3. The minimum atomic E-state index is -4.47. The molecule has 0 bridgehead atoms. The van der Waals surface area contributed by atoms with Crippen molar-refractivity contribution >= 4 is 5.91 Å². The predicted octanol–water partition coefficient (Wildman–Crippen LogP) is 2.58. The third kappa shape index (κ3) is 3.81. The van der Waals surface area contributed by atoms with E-state index >= 15 is 0 Å². The van der Waals surface area contributed by atoms with Crippen LogP contribution in [0.15, 0.2) is 30.5 Å². The van der Waals surface area contributed by atoms with Crippen molar-refractivity contribution in [1.82, 2.24) is 15.3 Å². The molecule has 0 aliphatic heterocycles. The summed E-state index contributed by atoms with van der Waals surface area (Å²) in [5.41, 5.74) is 1.38. The molecule has 2 rings (SSSR count). The summed E-state index contributed by atoms with van der Waals surface area (Å²) in [5.74, 6) is -0.547. The van der Waals surface area contributed by atoms with Gasteiger partial charge in [-0.3, -0.25) is 9.63 Å². The van der Waals surface area contributed by atoms with E-state index in [2.05, 4.69) is 10.6 Å². The van der Waals surface area contributed by atoms with Gasteiger partial charge in [-0.25, -0.2) is 10.2 Å². The summed E-state index contributed by atoms with van der Waals surface area (Å²) in [7, 11) is 1.32. The van der Waals surface area contributed by atoms with Gasteiger partial charge in [0.1, 0.15) is 0 Å². The quantitative estimate of drug-likeness (QED) is 0.856. The number of hydrogen-bond donors (Lipinski definition) is 1. The van der Waals surface area contributed by atoms with Crippen molar-refractivity contribution in [2.75, 3.05) is 13.7 Å². The molecule has 1 heterocycles. The van der Waals surface area contributed by atoms with Crippen molar-refractivity contribution in [2.45, 2.75) is 13.1 Å². The maximum absolute atomic E-state index is 12.8. The lowest BCUT2D eigenvalue weighted by atomic mass is 10.2. The highest BCUT2D eigenvalue weighted by atomic mass is 19.4. The van der Waals surface area contributed by atoms with Crippen LogP contribution in [-0.2, 0) is 11.0 Å². The van der Waals surface area contributed by atoms with Gasteiger partial charge in [-0.1, -0.05) is 6.07 Å². The van der Waals surface area contributed by atoms with Gasteiger partial charge in [0.05, 0.1) is 31.2 Å². The Morgan fingerprint density at radius 2 is 2.13 bits per heavy atom. The minimum Gasteiger partial charge on any atom is -0.493 e. The Morgan fingerprint density at radius 1 is 1.39 bits per heavy atom. The van der Waals surface area contributed by atoms with E-state index in [1.54, 1.807) is 6.92 Å². The average Bonchev–Trinajstić information content (AvgIpc) is 2.96. The molecule has 9 heteroatoms. The van der Waals surface area contributed by atoms with Crippen molar-refractivity contribution < 1.29 is 27.5 Å². The zero-order chi connectivity index (χ0) is 17.0. The molecule has 0 saturated carbocycles. The fraction of sp³-hybridized carbons (Fsp3) is 0.286. The Balaban J connectivity index is 2.38. The Morgan fingerprint density at radius 3 is 2.74 bits per heavy atom. The van der Waals surface area contributed by atoms with Crippen LogP contribution in [0, 0.1) is 0 Å². The van der Waals surface area contributed by atoms with Crippen LogP contribution < -0.4 is 10.2 Å². The summed E-state index contributed by atoms with van der Waals surface area (Å²) in [6, 6.07) is 4.57. The summed E-state index contributed by atoms with van der Waals surface area (Å²) in [6.45, 7) is 1.93. The van der Waals surface area contributed by atoms with E-state index < -0.39 is 17.6 Å². The highest BCUT2D eigenvalue weighted by Gasteiger charge is 2.30. The topological polar surface area (TPSA) is 65.4 Å². The van der Waals surface area contributed by atoms with E-state index in [0.29, 0.717) is 0 Å². The van der Waals surface area contributed by atoms with Gasteiger partial charge in [-0.15, -0.1) is 0 Å². The van der Waals surface area contributed by atoms with Crippen molar-refractivity contribution in [1.29, 1.82) is 0 Å². The SMILES string of the molecule is CCONC(=O)c1nn(-c2cccc(C(F)(F)F)c2)cc1OC. The van der Waals surface area contributed by atoms with Crippen LogP contribution in [-0.4, -0.2) is 29.4 Å². The number of benzene rings is 1. The highest BCUT2D eigenvalue weighted by molar-refractivity contribution is 5.94. The molecule has 0 aliphatic rings. The second-order valence-corrected chi connectivity index (χ2v) is 4.40. The number of ether oxygens (including phenoxy) is 1. The summed E-state index contributed by atoms with van der Waals surface area (Å²) in [6.07, 6.45) is -3.15. The molecule has 1 aromatic carbocycles. The number of nitrogens with one attached hydrogen (secondary N) is 1. The van der Waals surface area contributed by atoms with Crippen LogP contribution in [0.3, 0.4) is 0 Å². The van der Waals surface area contributed by atoms with Crippen LogP contribution >= 0.6 is 0 Å². The number of methoxy groups -OCH3 is 1. The number of amides is 1. The van der Waals surface area contributed by atoms with Crippen LogP contribution in [0.1, 0.15) is 23.0 Å². The molecule has 0 atom stereocenters. The minimum absolute atomic E-state index is 0.0987. The standard InChI is InChI=1S/C14H14F3N3O3/c1-3-23-19-13(21)12-11(22-2)8-20(18-12)10-6-4-5-9(7-10)14(15,16)17/h4-8H,3H2,1-2H3,(H,19,21). The number of hydroxylamine groups is 1. The molecule has 0 unspecified atom stereocenters. The molecule has 0 radical (unpaired) electrons. The lowest BCUT2D eigenvalue weighted by Gasteiger charge is -2.08. The second-order valence-electron chi connectivity index (χ2n) is 4.40. The number of hydrogen-bond acceptors (Lipinski definition) is 4. The monoisotopic (exact) mass is 329 g/mol. The Hall–Kier alpha value is -2.55. The number of nitrogens with zero attached hydrogens (tertiary/aromatic N) is 2. The third-order valence-corrected chi connectivity index (χ3v) is 2.86. The van der Waals surface area contributed by atoms with Crippen molar-refractivity contribution in [3.8, 4) is 11.4 Å². The van der Waals surface area contributed by atoms with Crippen LogP contribution in [0.2, 0.25) is 0 Å². The molecule has 2 aromatic rings. The van der Waals surface area contributed by atoms with E-state index in [0.717, 1.165) is 16.8 Å². The molecule has 0 saturated heterocycles. The van der Waals surface area contributed by atoms with Crippen molar-refractivity contribution in [2.24, 2.45) is 0 Å². The van der Waals surface area contributed by atoms with Gasteiger partial charge >= 0.3 is 6.18 Å². The lowest BCUT2D eigenvalue weighted by molar-refractivity contribution is -0.137. The number of alkyl halides is 3. The number of rotatable bonds is 5. The maximum Gasteiger partial charge on any atom is 0.416 e. The first-order chi connectivity index (χ1) is 10.9. The highest BCUT2D eigenvalue weighted by Crippen LogP contribution is 2.30. The Bertz CT molecular complexity index is 698. The van der Waals surface area contributed by atoms with E-state index in [9.17, 15) is 18.0 Å². The first-order valence-corrected chi connectivity index (χ1v) is 6.60. The fourth-order valence-electron chi connectivity index (χ4n) is 1.81. The van der Waals surface area contributed by atoms with Crippen LogP contribution in [0.25, 0.3) is 5.69 Å². The number of halogens is 3. The van der Waals surface area contributed by atoms with Gasteiger partial charge in [0.2, 0.25) is 0 Å². The zero-order valence-corrected chi connectivity index (χ0v) is 12.3. The first-order valence-electron chi connectivity index (χ1n) is 6.60. The molecule has 0 fully saturated rings. The zero-order valence-electron chi connectivity index (χ0n) is 12.3. The van der Waals surface area contributed by atoms with Gasteiger partial charge in [-0.05, 0) is 25.1 Å². The predicted molar refractivity (Wildman–Crippen MR) is 74.2 cm³/mol. The van der Waals surface area contributed by atoms with E-state index in [4.69, 9.17) is 9.57 Å². The molecule has 1 amide bonds. The molecule has 0 spiro atoms. The summed E-state index contributed by atoms with van der Waals surface area (Å²) < 4.78 is 44.5. The van der Waals surface area contributed by atoms with Crippen LogP contribution in [0.5, 0.6) is 5.75 Å². The number of carbonyl (C=O) groups is 1. The summed E-state index contributed by atoms with van der Waals surface area (Å²) in [5, 5.41) is 3.96. The molecule has 23 heavy (non-hydrogen) atoms. The molecular weight excluding hydrogens is 315 g/mol. The van der Waals surface area contributed by atoms with Gasteiger partial charge in [0.15, 0.2) is 11.4 Å². The first kappa shape index (κ1) is 16.8. The number of aromatic nitrogens is 2. The van der Waals surface area contributed by atoms with Gasteiger partial charge < -0.3 is 4.74 Å². The second kappa shape index (κ2) is 6.69. The van der Waals surface area contributed by atoms with Crippen molar-refractivity contribution in [3.05, 3.63) is 41.7 Å². The normalized spacial score (nSPS) is 11.3. The summed E-state index contributed by atoms with van der Waals surface area (Å²) >= 11 is 0. The van der Waals surface area contributed by atoms with E-state index in [1.165, 1.54) is 25.4 Å². The summed E-state index contributed by atoms with van der Waals surface area (Å²) in [4.78, 5) is 16.7. The third-order valence-electron chi connectivity index (χ3n) is 2.86. The molecule has 1 N–H and O–H groups in total. The molecule has 0 aliphatic carbocycles. The Labute approximate surface area is 129 Å². The van der Waals surface area contributed by atoms with Gasteiger partial charge in [0, 0.05) is 0 Å². The van der Waals surface area contributed by atoms with E-state index in [1.807, 2.05) is 0 Å². The average molecular weight is 329 g/mol. The number of carbonyl (C=O) groups excluding carboxylic acids is 1. The molecule has 1 aromatic heterocycles. The molecule has 124 valence electrons. The lowest BCUT2D eigenvalue weighted by Crippen LogP contribution is -2.24.